The number of likely N-dealkylation sites (tertiary alicyclic amines) is 1. The van der Waals surface area contributed by atoms with Gasteiger partial charge in [0.05, 0.1) is 6.54 Å². The van der Waals surface area contributed by atoms with Crippen molar-refractivity contribution in [3.63, 3.8) is 0 Å². The highest BCUT2D eigenvalue weighted by Crippen LogP contribution is 2.34. The monoisotopic (exact) mass is 274 g/mol. The number of hydrogen-bond donors (Lipinski definition) is 1. The number of carboxylic acid groups (broad SMARTS) is 1. The minimum Gasteiger partial charge on any atom is -0.480 e. The standard InChI is InChI=1S/C15H18N2O3/c1-2-15(14(18)19)8-5-9-17(15)10-13-16-11-6-3-4-7-12(11)20-13/h3-4,6-7H,2,5,8-10H2,1H3,(H,18,19). The molecule has 1 saturated heterocycles. The van der Waals surface area contributed by atoms with E-state index in [9.17, 15) is 9.90 Å². The Morgan fingerprint density at radius 2 is 2.30 bits per heavy atom. The van der Waals surface area contributed by atoms with Gasteiger partial charge in [-0.15, -0.1) is 0 Å². The molecule has 5 heteroatoms. The van der Waals surface area contributed by atoms with Gasteiger partial charge in [-0.05, 0) is 37.9 Å². The Kier molecular flexibility index (Phi) is 3.22. The van der Waals surface area contributed by atoms with E-state index in [1.165, 1.54) is 0 Å². The SMILES string of the molecule is CCC1(C(=O)O)CCCN1Cc1nc2ccccc2o1. The lowest BCUT2D eigenvalue weighted by Gasteiger charge is -2.32. The molecule has 5 nitrogen and oxygen atoms in total. The van der Waals surface area contributed by atoms with Crippen molar-refractivity contribution < 1.29 is 14.3 Å². The molecule has 3 rings (SSSR count). The van der Waals surface area contributed by atoms with Gasteiger partial charge in [-0.3, -0.25) is 9.69 Å². The topological polar surface area (TPSA) is 66.6 Å². The number of aromatic nitrogens is 1. The van der Waals surface area contributed by atoms with E-state index in [1.54, 1.807) is 0 Å². The molecule has 1 aliphatic rings. The highest BCUT2D eigenvalue weighted by Gasteiger charge is 2.46. The average molecular weight is 274 g/mol. The summed E-state index contributed by atoms with van der Waals surface area (Å²) in [6.07, 6.45) is 2.20. The summed E-state index contributed by atoms with van der Waals surface area (Å²) in [5.74, 6) is -0.152. The number of para-hydroxylation sites is 2. The van der Waals surface area contributed by atoms with Crippen LogP contribution in [0.2, 0.25) is 0 Å². The molecule has 0 bridgehead atoms. The van der Waals surface area contributed by atoms with Crippen molar-refractivity contribution in [2.45, 2.75) is 38.3 Å². The van der Waals surface area contributed by atoms with Crippen molar-refractivity contribution in [2.75, 3.05) is 6.54 Å². The molecule has 0 radical (unpaired) electrons. The Labute approximate surface area is 117 Å². The molecule has 0 aliphatic carbocycles. The molecule has 1 aliphatic heterocycles. The largest absolute Gasteiger partial charge is 0.480 e. The average Bonchev–Trinajstić information content (AvgIpc) is 3.02. The quantitative estimate of drug-likeness (QED) is 0.928. The van der Waals surface area contributed by atoms with E-state index in [0.717, 1.165) is 24.1 Å². The van der Waals surface area contributed by atoms with Crippen molar-refractivity contribution in [2.24, 2.45) is 0 Å². The van der Waals surface area contributed by atoms with Gasteiger partial charge in [-0.2, -0.15) is 0 Å². The number of benzene rings is 1. The maximum absolute atomic E-state index is 11.6. The van der Waals surface area contributed by atoms with Gasteiger partial charge in [0, 0.05) is 0 Å². The van der Waals surface area contributed by atoms with E-state index in [4.69, 9.17) is 4.42 Å². The van der Waals surface area contributed by atoms with Gasteiger partial charge < -0.3 is 9.52 Å². The number of oxazole rings is 1. The van der Waals surface area contributed by atoms with Crippen molar-refractivity contribution in [1.82, 2.24) is 9.88 Å². The number of carbonyl (C=O) groups is 1. The number of fused-ring (bicyclic) bond motifs is 1. The third-order valence-corrected chi connectivity index (χ3v) is 4.27. The van der Waals surface area contributed by atoms with Crippen molar-refractivity contribution in [3.05, 3.63) is 30.2 Å². The maximum atomic E-state index is 11.6. The van der Waals surface area contributed by atoms with Gasteiger partial charge in [0.1, 0.15) is 11.1 Å². The third-order valence-electron chi connectivity index (χ3n) is 4.27. The highest BCUT2D eigenvalue weighted by atomic mass is 16.4. The van der Waals surface area contributed by atoms with Gasteiger partial charge in [0.25, 0.3) is 0 Å². The molecular formula is C15H18N2O3. The first-order valence-electron chi connectivity index (χ1n) is 6.98. The van der Waals surface area contributed by atoms with E-state index in [0.29, 0.717) is 25.3 Å². The molecule has 0 spiro atoms. The molecule has 1 aromatic carbocycles. The van der Waals surface area contributed by atoms with Crippen LogP contribution in [0.3, 0.4) is 0 Å². The second-order valence-electron chi connectivity index (χ2n) is 5.29. The lowest BCUT2D eigenvalue weighted by Crippen LogP contribution is -2.49. The Balaban J connectivity index is 1.88. The molecule has 0 saturated carbocycles. The number of nitrogens with zero attached hydrogens (tertiary/aromatic N) is 2. The second kappa shape index (κ2) is 4.90. The van der Waals surface area contributed by atoms with Crippen LogP contribution in [0.15, 0.2) is 28.7 Å². The molecule has 1 atom stereocenters. The lowest BCUT2D eigenvalue weighted by atomic mass is 9.93. The van der Waals surface area contributed by atoms with Crippen LogP contribution in [0, 0.1) is 0 Å². The van der Waals surface area contributed by atoms with Crippen LogP contribution >= 0.6 is 0 Å². The summed E-state index contributed by atoms with van der Waals surface area (Å²) in [7, 11) is 0. The summed E-state index contributed by atoms with van der Waals surface area (Å²) in [6.45, 7) is 3.16. The molecule has 0 amide bonds. The molecule has 1 unspecified atom stereocenters. The van der Waals surface area contributed by atoms with E-state index in [-0.39, 0.29) is 0 Å². The molecule has 2 aromatic rings. The van der Waals surface area contributed by atoms with Crippen LogP contribution in [0.25, 0.3) is 11.1 Å². The van der Waals surface area contributed by atoms with Crippen LogP contribution in [0.4, 0.5) is 0 Å². The zero-order valence-electron chi connectivity index (χ0n) is 11.5. The molecule has 2 heterocycles. The first-order chi connectivity index (χ1) is 9.65. The molecule has 1 aromatic heterocycles. The third kappa shape index (κ3) is 1.98. The van der Waals surface area contributed by atoms with E-state index in [1.807, 2.05) is 36.1 Å². The predicted molar refractivity (Wildman–Crippen MR) is 74.3 cm³/mol. The van der Waals surface area contributed by atoms with Gasteiger partial charge in [-0.25, -0.2) is 4.98 Å². The first kappa shape index (κ1) is 13.1. The summed E-state index contributed by atoms with van der Waals surface area (Å²) in [4.78, 5) is 18.1. The summed E-state index contributed by atoms with van der Waals surface area (Å²) in [6, 6.07) is 7.59. The second-order valence-corrected chi connectivity index (χ2v) is 5.29. The van der Waals surface area contributed by atoms with Crippen LogP contribution in [-0.4, -0.2) is 33.0 Å². The zero-order valence-corrected chi connectivity index (χ0v) is 11.5. The van der Waals surface area contributed by atoms with Crippen LogP contribution < -0.4 is 0 Å². The molecule has 20 heavy (non-hydrogen) atoms. The fourth-order valence-corrected chi connectivity index (χ4v) is 3.11. The Hall–Kier alpha value is -1.88. The highest BCUT2D eigenvalue weighted by molar-refractivity contribution is 5.79. The molecule has 106 valence electrons. The van der Waals surface area contributed by atoms with Gasteiger partial charge in [-0.1, -0.05) is 19.1 Å². The van der Waals surface area contributed by atoms with Crippen molar-refractivity contribution >= 4 is 17.1 Å². The predicted octanol–water partition coefficient (Wildman–Crippen LogP) is 2.66. The maximum Gasteiger partial charge on any atom is 0.324 e. The summed E-state index contributed by atoms with van der Waals surface area (Å²) < 4.78 is 5.70. The van der Waals surface area contributed by atoms with Crippen molar-refractivity contribution in [1.29, 1.82) is 0 Å². The van der Waals surface area contributed by atoms with Crippen LogP contribution in [-0.2, 0) is 11.3 Å². The molecular weight excluding hydrogens is 256 g/mol. The number of aliphatic carboxylic acids is 1. The minimum absolute atomic E-state index is 0.453. The Morgan fingerprint density at radius 1 is 1.50 bits per heavy atom. The van der Waals surface area contributed by atoms with Gasteiger partial charge >= 0.3 is 5.97 Å². The van der Waals surface area contributed by atoms with E-state index in [2.05, 4.69) is 4.98 Å². The molecule has 1 N–H and O–H groups in total. The zero-order chi connectivity index (χ0) is 14.2. The van der Waals surface area contributed by atoms with Gasteiger partial charge in [0.15, 0.2) is 5.58 Å². The van der Waals surface area contributed by atoms with E-state index < -0.39 is 11.5 Å². The van der Waals surface area contributed by atoms with E-state index >= 15 is 0 Å². The van der Waals surface area contributed by atoms with Crippen LogP contribution in [0.5, 0.6) is 0 Å². The number of rotatable bonds is 4. The fourth-order valence-electron chi connectivity index (χ4n) is 3.11. The Bertz CT molecular complexity index is 604. The smallest absolute Gasteiger partial charge is 0.324 e. The number of carboxylic acids is 1. The lowest BCUT2D eigenvalue weighted by molar-refractivity contribution is -0.150. The number of hydrogen-bond acceptors (Lipinski definition) is 4. The normalized spacial score (nSPS) is 23.4. The van der Waals surface area contributed by atoms with Crippen molar-refractivity contribution in [3.8, 4) is 0 Å². The molecule has 1 fully saturated rings. The van der Waals surface area contributed by atoms with Gasteiger partial charge in [0.2, 0.25) is 5.89 Å². The first-order valence-corrected chi connectivity index (χ1v) is 6.98. The Morgan fingerprint density at radius 3 is 3.00 bits per heavy atom. The summed E-state index contributed by atoms with van der Waals surface area (Å²) >= 11 is 0. The van der Waals surface area contributed by atoms with Crippen LogP contribution in [0.1, 0.15) is 32.1 Å². The summed E-state index contributed by atoms with van der Waals surface area (Å²) in [5.41, 5.74) is 0.805. The summed E-state index contributed by atoms with van der Waals surface area (Å²) in [5, 5.41) is 9.56. The minimum atomic E-state index is -0.763. The fraction of sp³-hybridized carbons (Fsp3) is 0.467.